The third-order valence-electron chi connectivity index (χ3n) is 2.91. The van der Waals surface area contributed by atoms with Crippen molar-refractivity contribution in [2.24, 2.45) is 0 Å². The summed E-state index contributed by atoms with van der Waals surface area (Å²) in [6.45, 7) is 5.38. The van der Waals surface area contributed by atoms with E-state index in [0.29, 0.717) is 13.0 Å². The maximum atomic E-state index is 9.87. The predicted molar refractivity (Wildman–Crippen MR) is 76.5 cm³/mol. The number of hydrogen-bond acceptors (Lipinski definition) is 4. The lowest BCUT2D eigenvalue weighted by atomic mass is 10.2. The molecule has 19 heavy (non-hydrogen) atoms. The minimum absolute atomic E-state index is 0.280. The van der Waals surface area contributed by atoms with Gasteiger partial charge >= 0.3 is 0 Å². The number of ether oxygens (including phenoxy) is 1. The Morgan fingerprint density at radius 1 is 1.21 bits per heavy atom. The molecule has 0 aliphatic carbocycles. The topological polar surface area (TPSA) is 52.9 Å². The quantitative estimate of drug-likeness (QED) is 0.748. The SMILES string of the molecule is Cc1ccc(OCC(O)CN(C)CCC(C)O)cc1. The standard InChI is InChI=1S/C15H25NO3/c1-12-4-6-15(7-5-12)19-11-14(18)10-16(3)9-8-13(2)17/h4-7,13-14,17-18H,8-11H2,1-3H3. The number of hydrogen-bond donors (Lipinski definition) is 2. The molecule has 0 aromatic heterocycles. The van der Waals surface area contributed by atoms with E-state index in [9.17, 15) is 10.2 Å². The Morgan fingerprint density at radius 2 is 1.84 bits per heavy atom. The zero-order valence-electron chi connectivity index (χ0n) is 12.0. The predicted octanol–water partition coefficient (Wildman–Crippen LogP) is 1.44. The van der Waals surface area contributed by atoms with Crippen LogP contribution in [0.15, 0.2) is 24.3 Å². The van der Waals surface area contributed by atoms with Gasteiger partial charge in [-0.15, -0.1) is 0 Å². The van der Waals surface area contributed by atoms with Gasteiger partial charge in [0.25, 0.3) is 0 Å². The van der Waals surface area contributed by atoms with Gasteiger partial charge in [-0.05, 0) is 39.4 Å². The van der Waals surface area contributed by atoms with Crippen molar-refractivity contribution in [3.63, 3.8) is 0 Å². The van der Waals surface area contributed by atoms with Gasteiger partial charge in [0.1, 0.15) is 18.5 Å². The number of aliphatic hydroxyl groups excluding tert-OH is 2. The molecule has 0 saturated carbocycles. The number of rotatable bonds is 8. The molecule has 2 atom stereocenters. The lowest BCUT2D eigenvalue weighted by molar-refractivity contribution is 0.0708. The van der Waals surface area contributed by atoms with E-state index in [1.165, 1.54) is 5.56 Å². The normalized spacial score (nSPS) is 14.4. The van der Waals surface area contributed by atoms with Crippen LogP contribution >= 0.6 is 0 Å². The first-order valence-electron chi connectivity index (χ1n) is 6.71. The molecule has 0 radical (unpaired) electrons. The van der Waals surface area contributed by atoms with Crippen LogP contribution in [-0.2, 0) is 0 Å². The van der Waals surface area contributed by atoms with E-state index in [1.54, 1.807) is 6.92 Å². The summed E-state index contributed by atoms with van der Waals surface area (Å²) in [4.78, 5) is 2.00. The van der Waals surface area contributed by atoms with Crippen molar-refractivity contribution >= 4 is 0 Å². The first-order chi connectivity index (χ1) is 8.97. The number of aryl methyl sites for hydroxylation is 1. The molecule has 1 aromatic rings. The van der Waals surface area contributed by atoms with Gasteiger partial charge in [-0.1, -0.05) is 17.7 Å². The van der Waals surface area contributed by atoms with Gasteiger partial charge in [0, 0.05) is 13.1 Å². The second-order valence-electron chi connectivity index (χ2n) is 5.18. The van der Waals surface area contributed by atoms with Crippen molar-refractivity contribution in [2.45, 2.75) is 32.5 Å². The van der Waals surface area contributed by atoms with E-state index >= 15 is 0 Å². The minimum atomic E-state index is -0.527. The van der Waals surface area contributed by atoms with Gasteiger partial charge in [0.15, 0.2) is 0 Å². The van der Waals surface area contributed by atoms with Crippen LogP contribution in [0.2, 0.25) is 0 Å². The van der Waals surface area contributed by atoms with Crippen molar-refractivity contribution in [3.05, 3.63) is 29.8 Å². The molecule has 1 aromatic carbocycles. The zero-order chi connectivity index (χ0) is 14.3. The molecule has 0 aliphatic rings. The van der Waals surface area contributed by atoms with Crippen LogP contribution in [0.1, 0.15) is 18.9 Å². The fourth-order valence-corrected chi connectivity index (χ4v) is 1.74. The third-order valence-corrected chi connectivity index (χ3v) is 2.91. The Bertz CT molecular complexity index is 351. The third kappa shape index (κ3) is 7.15. The molecule has 108 valence electrons. The number of aliphatic hydroxyl groups is 2. The largest absolute Gasteiger partial charge is 0.491 e. The fraction of sp³-hybridized carbons (Fsp3) is 0.600. The summed E-state index contributed by atoms with van der Waals surface area (Å²) in [5.74, 6) is 0.774. The molecule has 2 unspecified atom stereocenters. The monoisotopic (exact) mass is 267 g/mol. The Kier molecular flexibility index (Phi) is 6.84. The molecular weight excluding hydrogens is 242 g/mol. The van der Waals surface area contributed by atoms with Crippen LogP contribution in [0, 0.1) is 6.92 Å². The molecule has 1 rings (SSSR count). The highest BCUT2D eigenvalue weighted by molar-refractivity contribution is 5.26. The van der Waals surface area contributed by atoms with Crippen molar-refractivity contribution in [2.75, 3.05) is 26.7 Å². The summed E-state index contributed by atoms with van der Waals surface area (Å²) in [6.07, 6.45) is -0.120. The van der Waals surface area contributed by atoms with Gasteiger partial charge < -0.3 is 19.8 Å². The zero-order valence-corrected chi connectivity index (χ0v) is 12.0. The molecule has 0 bridgehead atoms. The van der Waals surface area contributed by atoms with E-state index in [1.807, 2.05) is 43.1 Å². The Hall–Kier alpha value is -1.10. The van der Waals surface area contributed by atoms with Gasteiger partial charge in [0.2, 0.25) is 0 Å². The minimum Gasteiger partial charge on any atom is -0.491 e. The summed E-state index contributed by atoms with van der Waals surface area (Å²) in [5.41, 5.74) is 1.19. The highest BCUT2D eigenvalue weighted by atomic mass is 16.5. The van der Waals surface area contributed by atoms with Crippen LogP contribution in [-0.4, -0.2) is 54.1 Å². The average Bonchev–Trinajstić information content (AvgIpc) is 2.36. The number of nitrogens with zero attached hydrogens (tertiary/aromatic N) is 1. The van der Waals surface area contributed by atoms with E-state index in [2.05, 4.69) is 0 Å². The van der Waals surface area contributed by atoms with E-state index < -0.39 is 6.10 Å². The molecule has 2 N–H and O–H groups in total. The summed E-state index contributed by atoms with van der Waals surface area (Å²) in [6, 6.07) is 7.77. The van der Waals surface area contributed by atoms with Gasteiger partial charge in [-0.3, -0.25) is 0 Å². The van der Waals surface area contributed by atoms with Crippen molar-refractivity contribution < 1.29 is 14.9 Å². The molecule has 0 fully saturated rings. The maximum absolute atomic E-state index is 9.87. The molecular formula is C15H25NO3. The highest BCUT2D eigenvalue weighted by Crippen LogP contribution is 2.11. The van der Waals surface area contributed by atoms with Crippen LogP contribution in [0.25, 0.3) is 0 Å². The summed E-state index contributed by atoms with van der Waals surface area (Å²) in [7, 11) is 1.93. The second-order valence-corrected chi connectivity index (χ2v) is 5.18. The Morgan fingerprint density at radius 3 is 2.42 bits per heavy atom. The van der Waals surface area contributed by atoms with Crippen molar-refractivity contribution in [3.8, 4) is 5.75 Å². The first kappa shape index (κ1) is 16.0. The van der Waals surface area contributed by atoms with E-state index in [0.717, 1.165) is 12.3 Å². The lowest BCUT2D eigenvalue weighted by Gasteiger charge is -2.21. The second kappa shape index (κ2) is 8.15. The molecule has 0 heterocycles. The van der Waals surface area contributed by atoms with Crippen molar-refractivity contribution in [1.29, 1.82) is 0 Å². The summed E-state index contributed by atoms with van der Waals surface area (Å²) in [5, 5.41) is 19.1. The summed E-state index contributed by atoms with van der Waals surface area (Å²) >= 11 is 0. The molecule has 0 amide bonds. The molecule has 0 aliphatic heterocycles. The van der Waals surface area contributed by atoms with Crippen LogP contribution in [0.5, 0.6) is 5.75 Å². The molecule has 4 nitrogen and oxygen atoms in total. The number of benzene rings is 1. The van der Waals surface area contributed by atoms with Crippen LogP contribution in [0.3, 0.4) is 0 Å². The smallest absolute Gasteiger partial charge is 0.119 e. The summed E-state index contributed by atoms with van der Waals surface area (Å²) < 4.78 is 5.52. The molecule has 4 heteroatoms. The maximum Gasteiger partial charge on any atom is 0.119 e. The Balaban J connectivity index is 2.23. The van der Waals surface area contributed by atoms with Gasteiger partial charge in [-0.25, -0.2) is 0 Å². The molecule has 0 saturated heterocycles. The number of likely N-dealkylation sites (N-methyl/N-ethyl adjacent to an activating group) is 1. The van der Waals surface area contributed by atoms with E-state index in [-0.39, 0.29) is 12.7 Å². The average molecular weight is 267 g/mol. The molecule has 0 spiro atoms. The highest BCUT2D eigenvalue weighted by Gasteiger charge is 2.09. The first-order valence-corrected chi connectivity index (χ1v) is 6.71. The van der Waals surface area contributed by atoms with Gasteiger partial charge in [-0.2, -0.15) is 0 Å². The van der Waals surface area contributed by atoms with E-state index in [4.69, 9.17) is 4.74 Å². The fourth-order valence-electron chi connectivity index (χ4n) is 1.74. The van der Waals surface area contributed by atoms with Crippen LogP contribution in [0.4, 0.5) is 0 Å². The Labute approximate surface area is 115 Å². The van der Waals surface area contributed by atoms with Crippen LogP contribution < -0.4 is 4.74 Å². The van der Waals surface area contributed by atoms with Gasteiger partial charge in [0.05, 0.1) is 6.10 Å². The van der Waals surface area contributed by atoms with Crippen molar-refractivity contribution in [1.82, 2.24) is 4.90 Å². The lowest BCUT2D eigenvalue weighted by Crippen LogP contribution is -2.34.